The van der Waals surface area contributed by atoms with Crippen LogP contribution < -0.4 is 24.2 Å². The average Bonchev–Trinajstić information content (AvgIpc) is 2.87. The van der Waals surface area contributed by atoms with E-state index in [9.17, 15) is 18.3 Å². The summed E-state index contributed by atoms with van der Waals surface area (Å²) in [7, 11) is 0.273. The van der Waals surface area contributed by atoms with Gasteiger partial charge in [0.25, 0.3) is 0 Å². The van der Waals surface area contributed by atoms with Crippen molar-refractivity contribution < 1.29 is 32.5 Å². The minimum absolute atomic E-state index is 0.0952. The molecule has 0 aliphatic carbocycles. The minimum atomic E-state index is -4.02. The second kappa shape index (κ2) is 11.4. The number of ether oxygens (including phenoxy) is 3. The predicted molar refractivity (Wildman–Crippen MR) is 132 cm³/mol. The molecule has 1 amide bonds. The number of rotatable bonds is 10. The Kier molecular flexibility index (Phi) is 8.57. The first-order valence-electron chi connectivity index (χ1n) is 10.3. The molecule has 9 nitrogen and oxygen atoms in total. The van der Waals surface area contributed by atoms with Crippen molar-refractivity contribution in [3.05, 3.63) is 76.8 Å². The molecule has 0 spiro atoms. The Morgan fingerprint density at radius 3 is 2.31 bits per heavy atom. The number of halogens is 1. The maximum atomic E-state index is 12.7. The minimum Gasteiger partial charge on any atom is -0.497 e. The molecule has 0 aromatic heterocycles. The van der Waals surface area contributed by atoms with E-state index >= 15 is 0 Å². The van der Waals surface area contributed by atoms with Gasteiger partial charge in [-0.2, -0.15) is 0 Å². The van der Waals surface area contributed by atoms with Gasteiger partial charge in [-0.05, 0) is 36.4 Å². The van der Waals surface area contributed by atoms with Crippen molar-refractivity contribution in [2.75, 3.05) is 33.2 Å². The van der Waals surface area contributed by atoms with Crippen LogP contribution in [0.15, 0.2) is 65.6 Å². The van der Waals surface area contributed by atoms with Crippen molar-refractivity contribution in [2.24, 2.45) is 0 Å². The number of methoxy groups -OCH3 is 3. The normalized spacial score (nSPS) is 12.0. The highest BCUT2D eigenvalue weighted by Crippen LogP contribution is 2.34. The number of anilines is 1. The first-order valence-corrected chi connectivity index (χ1v) is 12.2. The quantitative estimate of drug-likeness (QED) is 0.374. The van der Waals surface area contributed by atoms with Crippen LogP contribution in [0.2, 0.25) is 5.02 Å². The zero-order chi connectivity index (χ0) is 25.6. The Morgan fingerprint density at radius 1 is 0.943 bits per heavy atom. The summed E-state index contributed by atoms with van der Waals surface area (Å²) >= 11 is 6.23. The van der Waals surface area contributed by atoms with Gasteiger partial charge in [-0.25, -0.2) is 13.1 Å². The number of amides is 1. The fourth-order valence-electron chi connectivity index (χ4n) is 3.29. The number of hydrogen-bond acceptors (Lipinski definition) is 7. The largest absolute Gasteiger partial charge is 0.497 e. The lowest BCUT2D eigenvalue weighted by Gasteiger charge is -2.19. The second-order valence-corrected chi connectivity index (χ2v) is 9.44. The molecule has 0 saturated heterocycles. The number of benzene rings is 3. The lowest BCUT2D eigenvalue weighted by atomic mass is 9.99. The van der Waals surface area contributed by atoms with Crippen molar-refractivity contribution in [1.82, 2.24) is 4.72 Å². The molecule has 3 N–H and O–H groups in total. The third-order valence-corrected chi connectivity index (χ3v) is 6.86. The van der Waals surface area contributed by atoms with Crippen molar-refractivity contribution in [3.63, 3.8) is 0 Å². The van der Waals surface area contributed by atoms with Crippen LogP contribution in [0.5, 0.6) is 17.2 Å². The smallest absolute Gasteiger partial charge is 0.241 e. The van der Waals surface area contributed by atoms with E-state index in [2.05, 4.69) is 10.0 Å². The molecule has 0 aliphatic rings. The van der Waals surface area contributed by atoms with E-state index in [1.54, 1.807) is 42.5 Å². The van der Waals surface area contributed by atoms with Crippen LogP contribution >= 0.6 is 11.6 Å². The molecule has 3 rings (SSSR count). The van der Waals surface area contributed by atoms with E-state index in [4.69, 9.17) is 25.8 Å². The molecule has 0 fully saturated rings. The third-order valence-electron chi connectivity index (χ3n) is 5.12. The number of aliphatic hydroxyl groups is 1. The number of carbonyl (C=O) groups is 1. The van der Waals surface area contributed by atoms with E-state index in [1.165, 1.54) is 39.5 Å². The molecule has 0 bridgehead atoms. The van der Waals surface area contributed by atoms with Crippen LogP contribution in [0, 0.1) is 0 Å². The fourth-order valence-corrected chi connectivity index (χ4v) is 4.53. The summed E-state index contributed by atoms with van der Waals surface area (Å²) in [5, 5.41) is 13.9. The van der Waals surface area contributed by atoms with E-state index in [0.717, 1.165) is 0 Å². The van der Waals surface area contributed by atoms with Gasteiger partial charge in [0.2, 0.25) is 15.9 Å². The lowest BCUT2D eigenvalue weighted by molar-refractivity contribution is -0.115. The van der Waals surface area contributed by atoms with Crippen LogP contribution in [0.3, 0.4) is 0 Å². The zero-order valence-electron chi connectivity index (χ0n) is 19.2. The summed E-state index contributed by atoms with van der Waals surface area (Å²) in [6, 6.07) is 15.6. The monoisotopic (exact) mass is 520 g/mol. The Morgan fingerprint density at radius 2 is 1.66 bits per heavy atom. The second-order valence-electron chi connectivity index (χ2n) is 7.27. The molecule has 35 heavy (non-hydrogen) atoms. The summed E-state index contributed by atoms with van der Waals surface area (Å²) in [6.45, 7) is -0.551. The highest BCUT2D eigenvalue weighted by molar-refractivity contribution is 7.89. The highest BCUT2D eigenvalue weighted by Gasteiger charge is 2.21. The Hall–Kier alpha value is -3.31. The van der Waals surface area contributed by atoms with Crippen LogP contribution in [0.4, 0.5) is 5.69 Å². The third kappa shape index (κ3) is 6.23. The van der Waals surface area contributed by atoms with E-state index in [0.29, 0.717) is 27.6 Å². The number of aliphatic hydroxyl groups excluding tert-OH is 1. The molecule has 3 aromatic carbocycles. The average molecular weight is 521 g/mol. The molecule has 11 heteroatoms. The summed E-state index contributed by atoms with van der Waals surface area (Å²) in [5.74, 6) is 0.412. The Labute approximate surface area is 208 Å². The first kappa shape index (κ1) is 26.3. The van der Waals surface area contributed by atoms with Crippen LogP contribution in [0.25, 0.3) is 0 Å². The van der Waals surface area contributed by atoms with E-state index < -0.39 is 28.6 Å². The van der Waals surface area contributed by atoms with E-state index in [1.807, 2.05) is 0 Å². The van der Waals surface area contributed by atoms with Gasteiger partial charge in [-0.1, -0.05) is 29.8 Å². The van der Waals surface area contributed by atoms with Gasteiger partial charge in [0.15, 0.2) is 11.5 Å². The van der Waals surface area contributed by atoms with Gasteiger partial charge < -0.3 is 24.6 Å². The molecule has 1 unspecified atom stereocenters. The Bertz CT molecular complexity index is 1310. The van der Waals surface area contributed by atoms with Crippen molar-refractivity contribution in [1.29, 1.82) is 0 Å². The summed E-state index contributed by atoms with van der Waals surface area (Å²) < 4.78 is 43.1. The molecule has 1 atom stereocenters. The van der Waals surface area contributed by atoms with Gasteiger partial charge in [-0.15, -0.1) is 0 Å². The summed E-state index contributed by atoms with van der Waals surface area (Å²) in [5.41, 5.74) is 1.04. The molecule has 0 radical (unpaired) electrons. The maximum Gasteiger partial charge on any atom is 0.241 e. The molecular weight excluding hydrogens is 496 g/mol. The van der Waals surface area contributed by atoms with Gasteiger partial charge in [0.1, 0.15) is 11.9 Å². The first-order chi connectivity index (χ1) is 16.7. The summed E-state index contributed by atoms with van der Waals surface area (Å²) in [6.07, 6.45) is -1.17. The van der Waals surface area contributed by atoms with Gasteiger partial charge in [0.05, 0.1) is 32.8 Å². The standard InChI is InChI=1S/C24H25ClN2O7S/c1-32-15-8-10-20(18(12-15)24(29)17-6-4-5-7-19(17)25)27-23(28)14-26-35(30,31)16-9-11-21(33-2)22(13-16)34-3/h4-13,24,26,29H,14H2,1-3H3,(H,27,28). The van der Waals surface area contributed by atoms with Crippen LogP contribution in [-0.4, -0.2) is 47.3 Å². The van der Waals surface area contributed by atoms with Gasteiger partial charge >= 0.3 is 0 Å². The van der Waals surface area contributed by atoms with Gasteiger partial charge in [-0.3, -0.25) is 4.79 Å². The topological polar surface area (TPSA) is 123 Å². The molecule has 0 heterocycles. The number of sulfonamides is 1. The molecule has 0 aliphatic heterocycles. The zero-order valence-corrected chi connectivity index (χ0v) is 20.8. The molecule has 0 saturated carbocycles. The van der Waals surface area contributed by atoms with Crippen molar-refractivity contribution in [3.8, 4) is 17.2 Å². The van der Waals surface area contributed by atoms with Crippen LogP contribution in [-0.2, 0) is 14.8 Å². The van der Waals surface area contributed by atoms with E-state index in [-0.39, 0.29) is 16.3 Å². The van der Waals surface area contributed by atoms with Gasteiger partial charge in [0, 0.05) is 27.9 Å². The van der Waals surface area contributed by atoms with Crippen molar-refractivity contribution >= 4 is 33.2 Å². The number of hydrogen-bond donors (Lipinski definition) is 3. The SMILES string of the molecule is COc1ccc(NC(=O)CNS(=O)(=O)c2ccc(OC)c(OC)c2)c(C(O)c2ccccc2Cl)c1. The molecule has 3 aromatic rings. The fraction of sp³-hybridized carbons (Fsp3) is 0.208. The predicted octanol–water partition coefficient (Wildman–Crippen LogP) is 3.36. The summed E-state index contributed by atoms with van der Waals surface area (Å²) in [4.78, 5) is 12.5. The lowest BCUT2D eigenvalue weighted by Crippen LogP contribution is -2.33. The van der Waals surface area contributed by atoms with Crippen LogP contribution in [0.1, 0.15) is 17.2 Å². The maximum absolute atomic E-state index is 12.7. The molecular formula is C24H25ClN2O7S. The number of carbonyl (C=O) groups excluding carboxylic acids is 1. The molecule has 186 valence electrons. The van der Waals surface area contributed by atoms with Crippen molar-refractivity contribution in [2.45, 2.75) is 11.0 Å². The highest BCUT2D eigenvalue weighted by atomic mass is 35.5. The number of nitrogens with one attached hydrogen (secondary N) is 2. The Balaban J connectivity index is 1.78.